The Kier molecular flexibility index (Phi) is 5.02. The molecule has 140 valence electrons. The molecule has 0 atom stereocenters. The fourth-order valence-electron chi connectivity index (χ4n) is 3.88. The van der Waals surface area contributed by atoms with Gasteiger partial charge < -0.3 is 14.5 Å². The summed E-state index contributed by atoms with van der Waals surface area (Å²) in [5.41, 5.74) is 6.29. The number of nitrogens with one attached hydrogen (secondary N) is 1. The van der Waals surface area contributed by atoms with E-state index in [1.54, 1.807) is 6.92 Å². The highest BCUT2D eigenvalue weighted by atomic mass is 16.5. The van der Waals surface area contributed by atoms with Crippen LogP contribution in [0.1, 0.15) is 60.9 Å². The molecular weight excluding hydrogens is 334 g/mol. The number of hydrogen-bond donors (Lipinski definition) is 1. The first-order chi connectivity index (χ1) is 13.1. The number of ether oxygens (including phenoxy) is 1. The van der Waals surface area contributed by atoms with E-state index < -0.39 is 0 Å². The first-order valence-electron chi connectivity index (χ1n) is 9.92. The number of aryl methyl sites for hydroxylation is 2. The fraction of sp³-hybridized carbons (Fsp3) is 0.375. The average molecular weight is 361 g/mol. The van der Waals surface area contributed by atoms with E-state index in [0.717, 1.165) is 34.7 Å². The van der Waals surface area contributed by atoms with Crippen molar-refractivity contribution in [2.24, 2.45) is 0 Å². The molecule has 1 heterocycles. The van der Waals surface area contributed by atoms with Crippen molar-refractivity contribution in [3.8, 4) is 5.75 Å². The molecule has 27 heavy (non-hydrogen) atoms. The third kappa shape index (κ3) is 4.08. The minimum Gasteiger partial charge on any atom is -0.489 e. The summed E-state index contributed by atoms with van der Waals surface area (Å²) in [5, 5.41) is 1.13. The number of benzene rings is 2. The number of aromatic amines is 1. The van der Waals surface area contributed by atoms with Crippen molar-refractivity contribution in [2.45, 2.75) is 58.5 Å². The number of carbonyl (C=O) groups is 1. The predicted molar refractivity (Wildman–Crippen MR) is 109 cm³/mol. The van der Waals surface area contributed by atoms with Crippen molar-refractivity contribution in [3.63, 3.8) is 0 Å². The highest BCUT2D eigenvalue weighted by Crippen LogP contribution is 2.38. The molecule has 1 aromatic heterocycles. The lowest BCUT2D eigenvalue weighted by Gasteiger charge is -2.27. The highest BCUT2D eigenvalue weighted by Gasteiger charge is 2.20. The van der Waals surface area contributed by atoms with Gasteiger partial charge in [0.1, 0.15) is 18.1 Å². The molecule has 0 bridgehead atoms. The van der Waals surface area contributed by atoms with Gasteiger partial charge in [0.2, 0.25) is 0 Å². The van der Waals surface area contributed by atoms with Crippen LogP contribution in [0.5, 0.6) is 5.75 Å². The molecule has 0 amide bonds. The van der Waals surface area contributed by atoms with Gasteiger partial charge in [-0.3, -0.25) is 0 Å². The molecule has 0 saturated heterocycles. The van der Waals surface area contributed by atoms with Gasteiger partial charge in [0.05, 0.1) is 0 Å². The number of rotatable bonds is 7. The second kappa shape index (κ2) is 7.59. The van der Waals surface area contributed by atoms with Crippen LogP contribution in [0.2, 0.25) is 0 Å². The van der Waals surface area contributed by atoms with Crippen LogP contribution in [0, 0.1) is 6.92 Å². The highest BCUT2D eigenvalue weighted by molar-refractivity contribution is 5.82. The number of fused-ring (bicyclic) bond motifs is 1. The molecule has 1 saturated carbocycles. The van der Waals surface area contributed by atoms with Crippen LogP contribution < -0.4 is 4.74 Å². The molecule has 3 heteroatoms. The lowest BCUT2D eigenvalue weighted by Crippen LogP contribution is -2.10. The number of H-pyrrole nitrogens is 1. The van der Waals surface area contributed by atoms with E-state index in [2.05, 4.69) is 42.2 Å². The quantitative estimate of drug-likeness (QED) is 0.574. The zero-order chi connectivity index (χ0) is 18.8. The normalized spacial score (nSPS) is 14.3. The summed E-state index contributed by atoms with van der Waals surface area (Å²) in [7, 11) is 0. The van der Waals surface area contributed by atoms with Crippen LogP contribution in [-0.4, -0.2) is 10.8 Å². The van der Waals surface area contributed by atoms with Gasteiger partial charge in [-0.2, -0.15) is 0 Å². The monoisotopic (exact) mass is 361 g/mol. The van der Waals surface area contributed by atoms with Gasteiger partial charge in [0.15, 0.2) is 0 Å². The predicted octanol–water partition coefficient (Wildman–Crippen LogP) is 5.84. The first-order valence-corrected chi connectivity index (χ1v) is 9.92. The zero-order valence-corrected chi connectivity index (χ0v) is 16.2. The Balaban J connectivity index is 1.42. The smallest absolute Gasteiger partial charge is 0.130 e. The minimum absolute atomic E-state index is 0.219. The second-order valence-corrected chi connectivity index (χ2v) is 7.85. The topological polar surface area (TPSA) is 42.1 Å². The summed E-state index contributed by atoms with van der Waals surface area (Å²) in [6, 6.07) is 15.0. The Morgan fingerprint density at radius 2 is 2.00 bits per heavy atom. The summed E-state index contributed by atoms with van der Waals surface area (Å²) < 4.78 is 6.04. The fourth-order valence-corrected chi connectivity index (χ4v) is 3.88. The van der Waals surface area contributed by atoms with Crippen molar-refractivity contribution < 1.29 is 9.53 Å². The van der Waals surface area contributed by atoms with Crippen molar-refractivity contribution >= 4 is 16.7 Å². The van der Waals surface area contributed by atoms with E-state index >= 15 is 0 Å². The number of aromatic nitrogens is 1. The van der Waals surface area contributed by atoms with Crippen molar-refractivity contribution in [1.29, 1.82) is 0 Å². The van der Waals surface area contributed by atoms with E-state index in [0.29, 0.717) is 13.0 Å². The Morgan fingerprint density at radius 3 is 2.70 bits per heavy atom. The van der Waals surface area contributed by atoms with Gasteiger partial charge in [-0.1, -0.05) is 24.6 Å². The Hall–Kier alpha value is -2.55. The number of hydrogen-bond acceptors (Lipinski definition) is 2. The van der Waals surface area contributed by atoms with E-state index in [1.807, 2.05) is 12.1 Å². The zero-order valence-electron chi connectivity index (χ0n) is 16.2. The molecule has 0 spiro atoms. The second-order valence-electron chi connectivity index (χ2n) is 7.85. The van der Waals surface area contributed by atoms with Gasteiger partial charge in [0.25, 0.3) is 0 Å². The molecule has 0 aliphatic heterocycles. The number of carbonyl (C=O) groups excluding carboxylic acids is 1. The maximum atomic E-state index is 11.2. The summed E-state index contributed by atoms with van der Waals surface area (Å²) >= 11 is 0. The van der Waals surface area contributed by atoms with Crippen molar-refractivity contribution in [3.05, 3.63) is 64.8 Å². The van der Waals surface area contributed by atoms with Crippen molar-refractivity contribution in [1.82, 2.24) is 4.98 Å². The van der Waals surface area contributed by atoms with Crippen LogP contribution in [0.4, 0.5) is 0 Å². The molecule has 1 aliphatic carbocycles. The van der Waals surface area contributed by atoms with Gasteiger partial charge in [-0.15, -0.1) is 0 Å². The van der Waals surface area contributed by atoms with E-state index in [4.69, 9.17) is 4.74 Å². The van der Waals surface area contributed by atoms with Crippen LogP contribution in [0.25, 0.3) is 10.9 Å². The van der Waals surface area contributed by atoms with Gasteiger partial charge >= 0.3 is 0 Å². The molecule has 1 fully saturated rings. The lowest BCUT2D eigenvalue weighted by atomic mass is 9.78. The third-order valence-corrected chi connectivity index (χ3v) is 5.68. The van der Waals surface area contributed by atoms with E-state index in [-0.39, 0.29) is 5.78 Å². The molecule has 2 aromatic carbocycles. The molecule has 1 N–H and O–H groups in total. The van der Waals surface area contributed by atoms with Gasteiger partial charge in [-0.05, 0) is 80.0 Å². The van der Waals surface area contributed by atoms with Crippen molar-refractivity contribution in [2.75, 3.05) is 0 Å². The van der Waals surface area contributed by atoms with Crippen LogP contribution >= 0.6 is 0 Å². The lowest BCUT2D eigenvalue weighted by molar-refractivity contribution is -0.116. The maximum absolute atomic E-state index is 11.2. The SMILES string of the molecule is CC(=O)CCc1cc2cc(OCc3ccc(C4CCC4)c(C)c3)ccc2[nH]1. The number of Topliss-reactive ketones (excluding diaryl/α,β-unsaturated/α-hetero) is 1. The molecule has 0 radical (unpaired) electrons. The van der Waals surface area contributed by atoms with E-state index in [1.165, 1.54) is 36.0 Å². The maximum Gasteiger partial charge on any atom is 0.130 e. The van der Waals surface area contributed by atoms with Crippen LogP contribution in [0.3, 0.4) is 0 Å². The van der Waals surface area contributed by atoms with Gasteiger partial charge in [0, 0.05) is 23.0 Å². The average Bonchev–Trinajstić information content (AvgIpc) is 3.01. The summed E-state index contributed by atoms with van der Waals surface area (Å²) in [4.78, 5) is 14.6. The van der Waals surface area contributed by atoms with Gasteiger partial charge in [-0.25, -0.2) is 0 Å². The van der Waals surface area contributed by atoms with E-state index in [9.17, 15) is 4.79 Å². The molecule has 4 rings (SSSR count). The summed E-state index contributed by atoms with van der Waals surface area (Å²) in [6.07, 6.45) is 5.37. The minimum atomic E-state index is 0.219. The Morgan fingerprint density at radius 1 is 1.15 bits per heavy atom. The Labute approximate surface area is 160 Å². The summed E-state index contributed by atoms with van der Waals surface area (Å²) in [6.45, 7) is 4.43. The summed E-state index contributed by atoms with van der Waals surface area (Å²) in [5.74, 6) is 1.87. The van der Waals surface area contributed by atoms with Crippen LogP contribution in [-0.2, 0) is 17.8 Å². The first kappa shape index (κ1) is 17.8. The molecular formula is C24H27NO2. The van der Waals surface area contributed by atoms with Crippen LogP contribution in [0.15, 0.2) is 42.5 Å². The third-order valence-electron chi connectivity index (χ3n) is 5.68. The molecule has 3 nitrogen and oxygen atoms in total. The molecule has 1 aliphatic rings. The largest absolute Gasteiger partial charge is 0.489 e. The molecule has 3 aromatic rings. The standard InChI is InChI=1S/C24H27NO2/c1-16-12-18(7-10-23(16)19-4-3-5-19)15-27-22-9-11-24-20(14-22)13-21(25-24)8-6-17(2)26/h7,9-14,19,25H,3-6,8,15H2,1-2H3. The number of ketones is 1. The molecule has 0 unspecified atom stereocenters. The Bertz CT molecular complexity index is 966.